The summed E-state index contributed by atoms with van der Waals surface area (Å²) >= 11 is 0. The predicted octanol–water partition coefficient (Wildman–Crippen LogP) is 2.14. The lowest BCUT2D eigenvalue weighted by molar-refractivity contribution is -0.135. The summed E-state index contributed by atoms with van der Waals surface area (Å²) < 4.78 is 15.8. The lowest BCUT2D eigenvalue weighted by Crippen LogP contribution is -2.03. The lowest BCUT2D eigenvalue weighted by Gasteiger charge is -2.05. The van der Waals surface area contributed by atoms with Crippen LogP contribution in [0.4, 0.5) is 0 Å². The topological polar surface area (TPSA) is 48.1 Å². The number of carbonyl (C=O) groups is 1. The van der Waals surface area contributed by atoms with Gasteiger partial charge in [-0.2, -0.15) is 0 Å². The van der Waals surface area contributed by atoms with Crippen molar-refractivity contribution in [2.75, 3.05) is 13.2 Å². The van der Waals surface area contributed by atoms with Crippen molar-refractivity contribution in [2.45, 2.75) is 18.9 Å². The summed E-state index contributed by atoms with van der Waals surface area (Å²) in [5.74, 6) is 1.38. The first kappa shape index (κ1) is 11.3. The van der Waals surface area contributed by atoms with Crippen LogP contribution in [0.2, 0.25) is 0 Å². The average molecular weight is 246 g/mol. The highest BCUT2D eigenvalue weighted by Gasteiger charge is 2.23. The Hall–Kier alpha value is -1.81. The molecule has 1 aromatic carbocycles. The number of esters is 1. The summed E-state index contributed by atoms with van der Waals surface area (Å²) in [4.78, 5) is 11.0. The summed E-state index contributed by atoms with van der Waals surface area (Å²) in [5.41, 5.74) is 0.980. The third kappa shape index (κ3) is 2.90. The van der Waals surface area contributed by atoms with Gasteiger partial charge in [-0.05, 0) is 23.8 Å². The van der Waals surface area contributed by atoms with Gasteiger partial charge in [-0.3, -0.25) is 4.79 Å². The van der Waals surface area contributed by atoms with Crippen molar-refractivity contribution < 1.29 is 19.0 Å². The predicted molar refractivity (Wildman–Crippen MR) is 65.0 cm³/mol. The second-order valence-corrected chi connectivity index (χ2v) is 4.42. The zero-order chi connectivity index (χ0) is 12.4. The van der Waals surface area contributed by atoms with E-state index >= 15 is 0 Å². The number of cyclic esters (lactones) is 1. The molecule has 4 heteroatoms. The minimum absolute atomic E-state index is 0.153. The van der Waals surface area contributed by atoms with Gasteiger partial charge in [0, 0.05) is 6.42 Å². The Kier molecular flexibility index (Phi) is 3.02. The van der Waals surface area contributed by atoms with Gasteiger partial charge in [0.15, 0.2) is 0 Å². The fraction of sp³-hybridized carbons (Fsp3) is 0.357. The third-order valence-electron chi connectivity index (χ3n) is 2.84. The maximum Gasteiger partial charge on any atom is 0.311 e. The Morgan fingerprint density at radius 3 is 3.00 bits per heavy atom. The molecule has 94 valence electrons. The van der Waals surface area contributed by atoms with Crippen molar-refractivity contribution in [3.05, 3.63) is 35.6 Å². The highest BCUT2D eigenvalue weighted by Crippen LogP contribution is 2.23. The number of hydrogen-bond acceptors (Lipinski definition) is 4. The Labute approximate surface area is 105 Å². The first-order valence-corrected chi connectivity index (χ1v) is 6.05. The number of allylic oxidation sites excluding steroid dienone is 1. The third-order valence-corrected chi connectivity index (χ3v) is 2.84. The van der Waals surface area contributed by atoms with Crippen molar-refractivity contribution >= 4 is 12.0 Å². The van der Waals surface area contributed by atoms with Crippen LogP contribution in [0.15, 0.2) is 30.0 Å². The van der Waals surface area contributed by atoms with Gasteiger partial charge >= 0.3 is 5.97 Å². The Morgan fingerprint density at radius 2 is 2.28 bits per heavy atom. The first-order chi connectivity index (χ1) is 8.79. The van der Waals surface area contributed by atoms with Gasteiger partial charge in [0.25, 0.3) is 0 Å². The molecule has 2 aliphatic heterocycles. The maximum absolute atomic E-state index is 11.0. The molecular weight excluding hydrogens is 232 g/mol. The molecular formula is C14H14O4. The molecule has 1 atom stereocenters. The highest BCUT2D eigenvalue weighted by molar-refractivity contribution is 5.75. The Balaban J connectivity index is 1.67. The second kappa shape index (κ2) is 4.82. The Bertz CT molecular complexity index is 488. The van der Waals surface area contributed by atoms with E-state index in [0.717, 1.165) is 23.7 Å². The number of ether oxygens (including phenoxy) is 3. The molecule has 1 aromatic rings. The van der Waals surface area contributed by atoms with E-state index in [2.05, 4.69) is 0 Å². The standard InChI is InChI=1S/C14H14O4/c15-14-5-4-12(18-14)7-10-2-1-3-11(6-10)16-8-13-9-17-13/h1-3,6-7,13H,4-5,8-9H2/t13-/m1/s1. The fourth-order valence-corrected chi connectivity index (χ4v) is 1.81. The summed E-state index contributed by atoms with van der Waals surface area (Å²) in [7, 11) is 0. The molecule has 18 heavy (non-hydrogen) atoms. The minimum atomic E-state index is -0.153. The van der Waals surface area contributed by atoms with Crippen molar-refractivity contribution in [3.8, 4) is 5.75 Å². The van der Waals surface area contributed by atoms with E-state index in [1.54, 1.807) is 0 Å². The molecule has 2 heterocycles. The normalized spacial score (nSPS) is 24.1. The molecule has 0 spiro atoms. The van der Waals surface area contributed by atoms with Crippen LogP contribution in [0.3, 0.4) is 0 Å². The van der Waals surface area contributed by atoms with Crippen molar-refractivity contribution in [1.29, 1.82) is 0 Å². The van der Waals surface area contributed by atoms with Crippen LogP contribution in [-0.4, -0.2) is 25.3 Å². The van der Waals surface area contributed by atoms with Gasteiger partial charge in [-0.1, -0.05) is 12.1 Å². The van der Waals surface area contributed by atoms with Crippen LogP contribution < -0.4 is 4.74 Å². The molecule has 4 nitrogen and oxygen atoms in total. The van der Waals surface area contributed by atoms with E-state index < -0.39 is 0 Å². The van der Waals surface area contributed by atoms with Gasteiger partial charge in [-0.15, -0.1) is 0 Å². The van der Waals surface area contributed by atoms with Gasteiger partial charge in [0.05, 0.1) is 13.0 Å². The minimum Gasteiger partial charge on any atom is -0.491 e. The van der Waals surface area contributed by atoms with Gasteiger partial charge in [0.1, 0.15) is 24.2 Å². The quantitative estimate of drug-likeness (QED) is 0.603. The van der Waals surface area contributed by atoms with Crippen LogP contribution in [0.5, 0.6) is 5.75 Å². The van der Waals surface area contributed by atoms with Crippen LogP contribution >= 0.6 is 0 Å². The molecule has 0 aromatic heterocycles. The summed E-state index contributed by atoms with van der Waals surface area (Å²) in [5, 5.41) is 0. The van der Waals surface area contributed by atoms with E-state index in [-0.39, 0.29) is 12.1 Å². The van der Waals surface area contributed by atoms with Crippen molar-refractivity contribution in [2.24, 2.45) is 0 Å². The average Bonchev–Trinajstić information content (AvgIpc) is 3.11. The number of carbonyl (C=O) groups excluding carboxylic acids is 1. The van der Waals surface area contributed by atoms with Crippen molar-refractivity contribution in [1.82, 2.24) is 0 Å². The molecule has 0 radical (unpaired) electrons. The largest absolute Gasteiger partial charge is 0.491 e. The molecule has 0 N–H and O–H groups in total. The molecule has 3 rings (SSSR count). The molecule has 0 aliphatic carbocycles. The monoisotopic (exact) mass is 246 g/mol. The van der Waals surface area contributed by atoms with Crippen LogP contribution in [0.1, 0.15) is 18.4 Å². The number of benzene rings is 1. The summed E-state index contributed by atoms with van der Waals surface area (Å²) in [6.07, 6.45) is 3.29. The van der Waals surface area contributed by atoms with Crippen LogP contribution in [0.25, 0.3) is 6.08 Å². The van der Waals surface area contributed by atoms with Crippen molar-refractivity contribution in [3.63, 3.8) is 0 Å². The maximum atomic E-state index is 11.0. The summed E-state index contributed by atoms with van der Waals surface area (Å²) in [6, 6.07) is 7.72. The molecule has 0 unspecified atom stereocenters. The van der Waals surface area contributed by atoms with E-state index in [1.807, 2.05) is 30.3 Å². The highest BCUT2D eigenvalue weighted by atomic mass is 16.6. The molecule has 0 amide bonds. The van der Waals surface area contributed by atoms with E-state index in [0.29, 0.717) is 19.4 Å². The number of epoxide rings is 1. The second-order valence-electron chi connectivity index (χ2n) is 4.42. The smallest absolute Gasteiger partial charge is 0.311 e. The zero-order valence-electron chi connectivity index (χ0n) is 9.93. The number of rotatable bonds is 4. The number of hydrogen-bond donors (Lipinski definition) is 0. The van der Waals surface area contributed by atoms with Gasteiger partial charge < -0.3 is 14.2 Å². The van der Waals surface area contributed by atoms with E-state index in [9.17, 15) is 4.79 Å². The van der Waals surface area contributed by atoms with E-state index in [4.69, 9.17) is 14.2 Å². The molecule has 2 fully saturated rings. The SMILES string of the molecule is O=C1CCC(=Cc2cccc(OC[C@@H]3CO3)c2)O1. The van der Waals surface area contributed by atoms with E-state index in [1.165, 1.54) is 0 Å². The zero-order valence-corrected chi connectivity index (χ0v) is 9.93. The van der Waals surface area contributed by atoms with Gasteiger partial charge in [-0.25, -0.2) is 0 Å². The molecule has 0 saturated carbocycles. The summed E-state index contributed by atoms with van der Waals surface area (Å²) in [6.45, 7) is 1.38. The first-order valence-electron chi connectivity index (χ1n) is 6.05. The van der Waals surface area contributed by atoms with Crippen LogP contribution in [0, 0.1) is 0 Å². The Morgan fingerprint density at radius 1 is 1.39 bits per heavy atom. The molecule has 2 saturated heterocycles. The van der Waals surface area contributed by atoms with Gasteiger partial charge in [0.2, 0.25) is 0 Å². The molecule has 0 bridgehead atoms. The van der Waals surface area contributed by atoms with Crippen LogP contribution in [-0.2, 0) is 14.3 Å². The lowest BCUT2D eigenvalue weighted by atomic mass is 10.1. The fourth-order valence-electron chi connectivity index (χ4n) is 1.81. The molecule has 2 aliphatic rings.